The van der Waals surface area contributed by atoms with Crippen molar-refractivity contribution in [1.82, 2.24) is 15.2 Å². The Labute approximate surface area is 101 Å². The number of rotatable bonds is 3. The molecule has 0 radical (unpaired) electrons. The molecule has 0 saturated carbocycles. The molecule has 2 heterocycles. The van der Waals surface area contributed by atoms with Gasteiger partial charge in [0.1, 0.15) is 0 Å². The summed E-state index contributed by atoms with van der Waals surface area (Å²) >= 11 is 0. The molecule has 0 aliphatic heterocycles. The Bertz CT molecular complexity index is 551. The first-order valence-corrected chi connectivity index (χ1v) is 5.52. The Morgan fingerprint density at radius 3 is 2.82 bits per heavy atom. The van der Waals surface area contributed by atoms with Gasteiger partial charge in [0.25, 0.3) is 0 Å². The van der Waals surface area contributed by atoms with Crippen molar-refractivity contribution in [1.29, 1.82) is 0 Å². The fraction of sp³-hybridized carbons (Fsp3) is 0.143. The molecule has 2 aromatic rings. The van der Waals surface area contributed by atoms with E-state index in [0.29, 0.717) is 0 Å². The highest BCUT2D eigenvalue weighted by atomic mass is 15.1. The molecule has 0 fully saturated rings. The summed E-state index contributed by atoms with van der Waals surface area (Å²) in [4.78, 5) is 4.57. The average molecular weight is 225 g/mol. The van der Waals surface area contributed by atoms with Crippen LogP contribution in [-0.4, -0.2) is 15.2 Å². The highest BCUT2D eigenvalue weighted by Gasteiger charge is 2.07. The van der Waals surface area contributed by atoms with Gasteiger partial charge in [0.2, 0.25) is 0 Å². The van der Waals surface area contributed by atoms with Crippen molar-refractivity contribution in [2.24, 2.45) is 0 Å². The molecule has 0 atom stereocenters. The van der Waals surface area contributed by atoms with Crippen molar-refractivity contribution in [2.45, 2.75) is 13.8 Å². The van der Waals surface area contributed by atoms with Crippen LogP contribution < -0.4 is 0 Å². The molecule has 0 aliphatic carbocycles. The summed E-state index contributed by atoms with van der Waals surface area (Å²) in [6.45, 7) is 7.85. The van der Waals surface area contributed by atoms with Crippen molar-refractivity contribution < 1.29 is 0 Å². The smallest absolute Gasteiger partial charge is 0.0889 e. The van der Waals surface area contributed by atoms with Crippen molar-refractivity contribution in [2.75, 3.05) is 0 Å². The van der Waals surface area contributed by atoms with Gasteiger partial charge in [-0.3, -0.25) is 10.1 Å². The van der Waals surface area contributed by atoms with Gasteiger partial charge in [0.05, 0.1) is 11.4 Å². The lowest BCUT2D eigenvalue weighted by atomic mass is 10.0. The summed E-state index contributed by atoms with van der Waals surface area (Å²) in [6.07, 6.45) is 7.63. The van der Waals surface area contributed by atoms with E-state index in [2.05, 4.69) is 27.8 Å². The Morgan fingerprint density at radius 2 is 2.24 bits per heavy atom. The summed E-state index contributed by atoms with van der Waals surface area (Å²) in [5.41, 5.74) is 5.00. The molecule has 1 N–H and O–H groups in total. The van der Waals surface area contributed by atoms with E-state index in [0.717, 1.165) is 28.2 Å². The minimum atomic E-state index is 0.892. The summed E-state index contributed by atoms with van der Waals surface area (Å²) in [6, 6.07) is 3.92. The second-order valence-electron chi connectivity index (χ2n) is 3.77. The number of nitrogens with zero attached hydrogens (tertiary/aromatic N) is 2. The third kappa shape index (κ3) is 2.18. The van der Waals surface area contributed by atoms with Gasteiger partial charge in [-0.15, -0.1) is 0 Å². The second kappa shape index (κ2) is 4.78. The minimum Gasteiger partial charge on any atom is -0.276 e. The van der Waals surface area contributed by atoms with E-state index in [4.69, 9.17) is 0 Å². The lowest BCUT2D eigenvalue weighted by Gasteiger charge is -2.07. The van der Waals surface area contributed by atoms with Crippen molar-refractivity contribution >= 4 is 12.2 Å². The van der Waals surface area contributed by atoms with Gasteiger partial charge in [-0.2, -0.15) is 5.10 Å². The maximum atomic E-state index is 4.57. The molecule has 3 nitrogen and oxygen atoms in total. The first-order chi connectivity index (χ1) is 8.26. The van der Waals surface area contributed by atoms with Crippen LogP contribution in [0.5, 0.6) is 0 Å². The molecule has 86 valence electrons. The van der Waals surface area contributed by atoms with Gasteiger partial charge in [0, 0.05) is 17.5 Å². The number of aromatic amines is 1. The zero-order chi connectivity index (χ0) is 12.3. The van der Waals surface area contributed by atoms with Crippen molar-refractivity contribution in [3.05, 3.63) is 47.8 Å². The SMILES string of the molecule is C=Cc1cc(-c2ccn[nH]2)nc(C)c1/C=C\C. The zero-order valence-electron chi connectivity index (χ0n) is 10.1. The van der Waals surface area contributed by atoms with E-state index in [1.54, 1.807) is 6.20 Å². The third-order valence-electron chi connectivity index (χ3n) is 2.61. The molecule has 0 aromatic carbocycles. The molecule has 17 heavy (non-hydrogen) atoms. The molecule has 0 bridgehead atoms. The highest BCUT2D eigenvalue weighted by molar-refractivity contribution is 5.70. The quantitative estimate of drug-likeness (QED) is 0.869. The van der Waals surface area contributed by atoms with Crippen LogP contribution in [0.15, 0.2) is 31.0 Å². The van der Waals surface area contributed by atoms with Gasteiger partial charge in [0.15, 0.2) is 0 Å². The zero-order valence-corrected chi connectivity index (χ0v) is 10.1. The number of H-pyrrole nitrogens is 1. The third-order valence-corrected chi connectivity index (χ3v) is 2.61. The van der Waals surface area contributed by atoms with Crippen LogP contribution in [-0.2, 0) is 0 Å². The summed E-state index contributed by atoms with van der Waals surface area (Å²) in [7, 11) is 0. The first kappa shape index (κ1) is 11.3. The van der Waals surface area contributed by atoms with Gasteiger partial charge < -0.3 is 0 Å². The predicted octanol–water partition coefficient (Wildman–Crippen LogP) is 3.46. The highest BCUT2D eigenvalue weighted by Crippen LogP contribution is 2.22. The van der Waals surface area contributed by atoms with Crippen LogP contribution in [0, 0.1) is 6.92 Å². The second-order valence-corrected chi connectivity index (χ2v) is 3.77. The normalized spacial score (nSPS) is 10.9. The standard InChI is InChI=1S/C14H15N3/c1-4-6-12-10(3)16-14(9-11(12)5-2)13-7-8-15-17-13/h4-9H,2H2,1,3H3,(H,15,17)/b6-4-. The maximum Gasteiger partial charge on any atom is 0.0889 e. The van der Waals surface area contributed by atoms with Gasteiger partial charge in [-0.1, -0.05) is 24.8 Å². The summed E-state index contributed by atoms with van der Waals surface area (Å²) < 4.78 is 0. The minimum absolute atomic E-state index is 0.892. The molecule has 2 rings (SSSR count). The molecular weight excluding hydrogens is 210 g/mol. The van der Waals surface area contributed by atoms with E-state index in [-0.39, 0.29) is 0 Å². The Balaban J connectivity index is 2.60. The molecule has 0 saturated heterocycles. The molecular formula is C14H15N3. The largest absolute Gasteiger partial charge is 0.276 e. The van der Waals surface area contributed by atoms with E-state index < -0.39 is 0 Å². The molecule has 0 amide bonds. The monoisotopic (exact) mass is 225 g/mol. The lowest BCUT2D eigenvalue weighted by molar-refractivity contribution is 1.08. The van der Waals surface area contributed by atoms with Crippen molar-refractivity contribution in [3.63, 3.8) is 0 Å². The van der Waals surface area contributed by atoms with Gasteiger partial charge in [-0.25, -0.2) is 0 Å². The number of aromatic nitrogens is 3. The van der Waals surface area contributed by atoms with Crippen LogP contribution in [0.2, 0.25) is 0 Å². The molecule has 3 heteroatoms. The predicted molar refractivity (Wildman–Crippen MR) is 71.4 cm³/mol. The Morgan fingerprint density at radius 1 is 1.41 bits per heavy atom. The molecule has 0 spiro atoms. The summed E-state index contributed by atoms with van der Waals surface area (Å²) in [5.74, 6) is 0. The molecule has 0 aliphatic rings. The van der Waals surface area contributed by atoms with E-state index >= 15 is 0 Å². The first-order valence-electron chi connectivity index (χ1n) is 5.52. The number of nitrogens with one attached hydrogen (secondary N) is 1. The number of hydrogen-bond acceptors (Lipinski definition) is 2. The average Bonchev–Trinajstić information content (AvgIpc) is 2.85. The van der Waals surface area contributed by atoms with Crippen LogP contribution in [0.25, 0.3) is 23.5 Å². The molecule has 0 unspecified atom stereocenters. The van der Waals surface area contributed by atoms with E-state index in [1.165, 1.54) is 0 Å². The van der Waals surface area contributed by atoms with Crippen LogP contribution in [0.1, 0.15) is 23.7 Å². The van der Waals surface area contributed by atoms with Crippen LogP contribution >= 0.6 is 0 Å². The van der Waals surface area contributed by atoms with Crippen LogP contribution in [0.4, 0.5) is 0 Å². The maximum absolute atomic E-state index is 4.57. The Hall–Kier alpha value is -2.16. The number of allylic oxidation sites excluding steroid dienone is 1. The fourth-order valence-corrected chi connectivity index (χ4v) is 1.80. The van der Waals surface area contributed by atoms with Gasteiger partial charge >= 0.3 is 0 Å². The topological polar surface area (TPSA) is 41.6 Å². The van der Waals surface area contributed by atoms with Crippen LogP contribution in [0.3, 0.4) is 0 Å². The fourth-order valence-electron chi connectivity index (χ4n) is 1.80. The number of aryl methyl sites for hydroxylation is 1. The summed E-state index contributed by atoms with van der Waals surface area (Å²) in [5, 5.41) is 6.86. The van der Waals surface area contributed by atoms with Gasteiger partial charge in [-0.05, 0) is 31.5 Å². The lowest BCUT2D eigenvalue weighted by Crippen LogP contribution is -1.94. The Kier molecular flexibility index (Phi) is 3.19. The van der Waals surface area contributed by atoms with E-state index in [9.17, 15) is 0 Å². The van der Waals surface area contributed by atoms with Crippen molar-refractivity contribution in [3.8, 4) is 11.4 Å². The van der Waals surface area contributed by atoms with E-state index in [1.807, 2.05) is 38.1 Å². The molecule has 2 aromatic heterocycles. The number of hydrogen-bond donors (Lipinski definition) is 1. The number of pyridine rings is 1.